The van der Waals surface area contributed by atoms with Crippen molar-refractivity contribution in [3.63, 3.8) is 0 Å². The normalized spacial score (nSPS) is 17.1. The summed E-state index contributed by atoms with van der Waals surface area (Å²) in [6.07, 6.45) is 2.34. The van der Waals surface area contributed by atoms with Crippen molar-refractivity contribution < 1.29 is 13.9 Å². The minimum atomic E-state index is -0.239. The molecule has 2 rings (SSSR count). The Morgan fingerprint density at radius 3 is 2.60 bits per heavy atom. The van der Waals surface area contributed by atoms with Crippen molar-refractivity contribution in [1.82, 2.24) is 10.2 Å². The fraction of sp³-hybridized carbons (Fsp3) is 0.533. The standard InChI is InChI=1S/C15H21FN2O2/c1-20-11-15(19)17-10-14(18-8-2-3-9-18)12-4-6-13(16)7-5-12/h4-7,14H,2-3,8-11H2,1H3,(H,17,19). The minimum Gasteiger partial charge on any atom is -0.375 e. The molecule has 0 aliphatic carbocycles. The van der Waals surface area contributed by atoms with Crippen LogP contribution in [0, 0.1) is 5.82 Å². The lowest BCUT2D eigenvalue weighted by atomic mass is 10.1. The lowest BCUT2D eigenvalue weighted by Crippen LogP contribution is -2.38. The number of ether oxygens (including phenoxy) is 1. The lowest BCUT2D eigenvalue weighted by molar-refractivity contribution is -0.124. The number of benzene rings is 1. The fourth-order valence-electron chi connectivity index (χ4n) is 2.59. The second-order valence-electron chi connectivity index (χ2n) is 5.05. The quantitative estimate of drug-likeness (QED) is 0.863. The largest absolute Gasteiger partial charge is 0.375 e. The van der Waals surface area contributed by atoms with E-state index in [9.17, 15) is 9.18 Å². The number of nitrogens with one attached hydrogen (secondary N) is 1. The SMILES string of the molecule is COCC(=O)NCC(c1ccc(F)cc1)N1CCCC1. The number of amides is 1. The molecule has 1 aliphatic rings. The Hall–Kier alpha value is -1.46. The first-order valence-corrected chi connectivity index (χ1v) is 6.96. The highest BCUT2D eigenvalue weighted by atomic mass is 19.1. The minimum absolute atomic E-state index is 0.0656. The van der Waals surface area contributed by atoms with E-state index in [1.807, 2.05) is 0 Å². The molecule has 20 heavy (non-hydrogen) atoms. The molecule has 1 amide bonds. The van der Waals surface area contributed by atoms with Gasteiger partial charge in [0.15, 0.2) is 0 Å². The average molecular weight is 280 g/mol. The van der Waals surface area contributed by atoms with Gasteiger partial charge in [0.25, 0.3) is 0 Å². The molecule has 4 nitrogen and oxygen atoms in total. The first-order chi connectivity index (χ1) is 9.70. The molecule has 0 aromatic heterocycles. The zero-order chi connectivity index (χ0) is 14.4. The Morgan fingerprint density at radius 1 is 1.35 bits per heavy atom. The van der Waals surface area contributed by atoms with Crippen molar-refractivity contribution in [2.45, 2.75) is 18.9 Å². The Balaban J connectivity index is 2.04. The van der Waals surface area contributed by atoms with Crippen LogP contribution in [-0.2, 0) is 9.53 Å². The van der Waals surface area contributed by atoms with Gasteiger partial charge in [0.05, 0.1) is 6.04 Å². The molecule has 1 saturated heterocycles. The van der Waals surface area contributed by atoms with E-state index in [0.717, 1.165) is 18.7 Å². The van der Waals surface area contributed by atoms with E-state index >= 15 is 0 Å². The predicted molar refractivity (Wildman–Crippen MR) is 74.8 cm³/mol. The molecule has 0 radical (unpaired) electrons. The molecule has 1 heterocycles. The van der Waals surface area contributed by atoms with E-state index in [1.54, 1.807) is 12.1 Å². The third kappa shape index (κ3) is 4.02. The zero-order valence-electron chi connectivity index (χ0n) is 11.8. The molecule has 0 bridgehead atoms. The predicted octanol–water partition coefficient (Wildman–Crippen LogP) is 1.73. The van der Waals surface area contributed by atoms with Crippen LogP contribution in [0.5, 0.6) is 0 Å². The molecule has 1 aliphatic heterocycles. The summed E-state index contributed by atoms with van der Waals surface area (Å²) in [7, 11) is 1.50. The maximum absolute atomic E-state index is 13.0. The Kier molecular flexibility index (Phi) is 5.49. The van der Waals surface area contributed by atoms with Crippen LogP contribution in [0.15, 0.2) is 24.3 Å². The molecule has 1 N–H and O–H groups in total. The number of methoxy groups -OCH3 is 1. The van der Waals surface area contributed by atoms with Gasteiger partial charge in [-0.2, -0.15) is 0 Å². The van der Waals surface area contributed by atoms with E-state index in [0.29, 0.717) is 6.54 Å². The van der Waals surface area contributed by atoms with Gasteiger partial charge in [-0.05, 0) is 43.6 Å². The second kappa shape index (κ2) is 7.36. The maximum Gasteiger partial charge on any atom is 0.246 e. The first-order valence-electron chi connectivity index (χ1n) is 6.96. The molecular formula is C15H21FN2O2. The molecule has 1 aromatic rings. The van der Waals surface area contributed by atoms with E-state index in [2.05, 4.69) is 10.2 Å². The summed E-state index contributed by atoms with van der Waals surface area (Å²) >= 11 is 0. The van der Waals surface area contributed by atoms with Gasteiger partial charge in [-0.15, -0.1) is 0 Å². The molecule has 110 valence electrons. The summed E-state index contributed by atoms with van der Waals surface area (Å²) in [4.78, 5) is 13.9. The van der Waals surface area contributed by atoms with Gasteiger partial charge in [-0.3, -0.25) is 9.69 Å². The number of carbonyl (C=O) groups is 1. The molecule has 0 saturated carbocycles. The van der Waals surface area contributed by atoms with Crippen LogP contribution in [0.1, 0.15) is 24.4 Å². The summed E-state index contributed by atoms with van der Waals surface area (Å²) < 4.78 is 17.8. The molecule has 1 atom stereocenters. The number of halogens is 1. The fourth-order valence-corrected chi connectivity index (χ4v) is 2.59. The number of rotatable bonds is 6. The Bertz CT molecular complexity index is 430. The third-order valence-corrected chi connectivity index (χ3v) is 3.60. The van der Waals surface area contributed by atoms with Crippen molar-refractivity contribution in [3.8, 4) is 0 Å². The summed E-state index contributed by atoms with van der Waals surface area (Å²) in [6, 6.07) is 6.62. The second-order valence-corrected chi connectivity index (χ2v) is 5.05. The van der Waals surface area contributed by atoms with E-state index in [-0.39, 0.29) is 24.4 Å². The topological polar surface area (TPSA) is 41.6 Å². The maximum atomic E-state index is 13.0. The van der Waals surface area contributed by atoms with Crippen molar-refractivity contribution in [1.29, 1.82) is 0 Å². The van der Waals surface area contributed by atoms with Gasteiger partial charge >= 0.3 is 0 Å². The molecule has 0 spiro atoms. The van der Waals surface area contributed by atoms with Crippen LogP contribution in [0.3, 0.4) is 0 Å². The van der Waals surface area contributed by atoms with Crippen LogP contribution in [0.2, 0.25) is 0 Å². The van der Waals surface area contributed by atoms with Crippen LogP contribution in [0.4, 0.5) is 4.39 Å². The number of likely N-dealkylation sites (tertiary alicyclic amines) is 1. The van der Waals surface area contributed by atoms with E-state index < -0.39 is 0 Å². The number of hydrogen-bond donors (Lipinski definition) is 1. The van der Waals surface area contributed by atoms with Crippen LogP contribution in [0.25, 0.3) is 0 Å². The molecule has 1 aromatic carbocycles. The molecule has 5 heteroatoms. The zero-order valence-corrected chi connectivity index (χ0v) is 11.8. The van der Waals surface area contributed by atoms with Crippen molar-refractivity contribution in [3.05, 3.63) is 35.6 Å². The molecular weight excluding hydrogens is 259 g/mol. The van der Waals surface area contributed by atoms with Gasteiger partial charge in [-0.25, -0.2) is 4.39 Å². The highest BCUT2D eigenvalue weighted by molar-refractivity contribution is 5.77. The summed E-state index contributed by atoms with van der Waals surface area (Å²) in [5.74, 6) is -0.365. The van der Waals surface area contributed by atoms with Crippen molar-refractivity contribution in [2.75, 3.05) is 33.4 Å². The van der Waals surface area contributed by atoms with Gasteiger partial charge in [0, 0.05) is 13.7 Å². The van der Waals surface area contributed by atoms with Crippen LogP contribution < -0.4 is 5.32 Å². The molecule has 1 fully saturated rings. The highest BCUT2D eigenvalue weighted by Crippen LogP contribution is 2.24. The van der Waals surface area contributed by atoms with Gasteiger partial charge < -0.3 is 10.1 Å². The van der Waals surface area contributed by atoms with Crippen molar-refractivity contribution >= 4 is 5.91 Å². The Labute approximate surface area is 118 Å². The number of hydrogen-bond acceptors (Lipinski definition) is 3. The van der Waals surface area contributed by atoms with Crippen molar-refractivity contribution in [2.24, 2.45) is 0 Å². The van der Waals surface area contributed by atoms with Gasteiger partial charge in [-0.1, -0.05) is 12.1 Å². The lowest BCUT2D eigenvalue weighted by Gasteiger charge is -2.28. The first kappa shape index (κ1) is 14.9. The highest BCUT2D eigenvalue weighted by Gasteiger charge is 2.23. The van der Waals surface area contributed by atoms with E-state index in [4.69, 9.17) is 4.74 Å². The third-order valence-electron chi connectivity index (χ3n) is 3.60. The van der Waals surface area contributed by atoms with Gasteiger partial charge in [0.1, 0.15) is 12.4 Å². The summed E-state index contributed by atoms with van der Waals surface area (Å²) in [5, 5.41) is 2.87. The number of nitrogens with zero attached hydrogens (tertiary/aromatic N) is 1. The smallest absolute Gasteiger partial charge is 0.246 e. The average Bonchev–Trinajstić information content (AvgIpc) is 2.95. The molecule has 1 unspecified atom stereocenters. The number of carbonyl (C=O) groups excluding carboxylic acids is 1. The summed E-state index contributed by atoms with van der Waals surface area (Å²) in [6.45, 7) is 2.62. The van der Waals surface area contributed by atoms with Crippen LogP contribution >= 0.6 is 0 Å². The summed E-state index contributed by atoms with van der Waals surface area (Å²) in [5.41, 5.74) is 1.03. The Morgan fingerprint density at radius 2 is 2.00 bits per heavy atom. The monoisotopic (exact) mass is 280 g/mol. The van der Waals surface area contributed by atoms with Crippen LogP contribution in [-0.4, -0.2) is 44.2 Å². The van der Waals surface area contributed by atoms with Gasteiger partial charge in [0.2, 0.25) is 5.91 Å². The van der Waals surface area contributed by atoms with E-state index in [1.165, 1.54) is 32.1 Å².